The predicted octanol–water partition coefficient (Wildman–Crippen LogP) is 2.57. The zero-order valence-electron chi connectivity index (χ0n) is 11.4. The number of amides is 1. The van der Waals surface area contributed by atoms with Gasteiger partial charge in [-0.05, 0) is 48.4 Å². The van der Waals surface area contributed by atoms with Crippen LogP contribution in [0.1, 0.15) is 11.1 Å². The summed E-state index contributed by atoms with van der Waals surface area (Å²) in [5.41, 5.74) is 6.60. The lowest BCUT2D eigenvalue weighted by molar-refractivity contribution is -0.114. The van der Waals surface area contributed by atoms with Crippen molar-refractivity contribution in [3.05, 3.63) is 59.4 Å². The fourth-order valence-electron chi connectivity index (χ4n) is 1.74. The Morgan fingerprint density at radius 1 is 1.43 bits per heavy atom. The van der Waals surface area contributed by atoms with E-state index in [9.17, 15) is 4.79 Å². The summed E-state index contributed by atoms with van der Waals surface area (Å²) >= 11 is 0. The molecule has 0 saturated carbocycles. The van der Waals surface area contributed by atoms with Crippen molar-refractivity contribution in [2.45, 2.75) is 6.92 Å². The third kappa shape index (κ3) is 3.67. The van der Waals surface area contributed by atoms with Crippen molar-refractivity contribution in [3.63, 3.8) is 0 Å². The number of carbonyl (C=O) groups excluding carboxylic acids is 1. The molecule has 2 aromatic rings. The Morgan fingerprint density at radius 3 is 2.81 bits per heavy atom. The van der Waals surface area contributed by atoms with Gasteiger partial charge in [0.2, 0.25) is 0 Å². The van der Waals surface area contributed by atoms with Crippen molar-refractivity contribution >= 4 is 12.0 Å². The number of aryl methyl sites for hydroxylation is 1. The number of aromatic nitrogens is 1. The second-order valence-corrected chi connectivity index (χ2v) is 4.35. The second-order valence-electron chi connectivity index (χ2n) is 4.35. The fourth-order valence-corrected chi connectivity index (χ4v) is 1.74. The van der Waals surface area contributed by atoms with Crippen LogP contribution in [0.15, 0.2) is 48.3 Å². The van der Waals surface area contributed by atoms with E-state index in [1.165, 1.54) is 6.08 Å². The lowest BCUT2D eigenvalue weighted by atomic mass is 10.1. The maximum absolute atomic E-state index is 11.0. The molecule has 1 aromatic carbocycles. The number of rotatable bonds is 4. The Labute approximate surface area is 122 Å². The monoisotopic (exact) mass is 279 g/mol. The quantitative estimate of drug-likeness (QED) is 0.688. The molecule has 21 heavy (non-hydrogen) atoms. The maximum Gasteiger partial charge on any atom is 0.259 e. The topological polar surface area (TPSA) is 89.0 Å². The van der Waals surface area contributed by atoms with Crippen molar-refractivity contribution in [3.8, 4) is 17.6 Å². The van der Waals surface area contributed by atoms with E-state index < -0.39 is 5.91 Å². The molecule has 0 fully saturated rings. The number of pyridine rings is 1. The molecule has 0 atom stereocenters. The van der Waals surface area contributed by atoms with Gasteiger partial charge in [0, 0.05) is 6.20 Å². The third-order valence-corrected chi connectivity index (χ3v) is 2.76. The van der Waals surface area contributed by atoms with Gasteiger partial charge < -0.3 is 10.5 Å². The van der Waals surface area contributed by atoms with Gasteiger partial charge in [-0.3, -0.25) is 9.78 Å². The molecule has 0 radical (unpaired) electrons. The highest BCUT2D eigenvalue weighted by molar-refractivity contribution is 6.00. The summed E-state index contributed by atoms with van der Waals surface area (Å²) in [6, 6.07) is 10.7. The zero-order chi connectivity index (χ0) is 15.2. The first-order chi connectivity index (χ1) is 10.1. The second kappa shape index (κ2) is 6.35. The van der Waals surface area contributed by atoms with Crippen LogP contribution in [0.2, 0.25) is 0 Å². The lowest BCUT2D eigenvalue weighted by Crippen LogP contribution is -2.12. The predicted molar refractivity (Wildman–Crippen MR) is 78.3 cm³/mol. The first-order valence-corrected chi connectivity index (χ1v) is 6.20. The number of carbonyl (C=O) groups is 1. The molecule has 0 aliphatic heterocycles. The summed E-state index contributed by atoms with van der Waals surface area (Å²) in [6.45, 7) is 1.87. The van der Waals surface area contributed by atoms with Crippen molar-refractivity contribution in [1.82, 2.24) is 4.98 Å². The summed E-state index contributed by atoms with van der Waals surface area (Å²) in [5.74, 6) is 0.572. The van der Waals surface area contributed by atoms with Crippen molar-refractivity contribution < 1.29 is 9.53 Å². The normalized spacial score (nSPS) is 10.8. The molecule has 0 unspecified atom stereocenters. The molecule has 1 heterocycles. The molecule has 104 valence electrons. The average Bonchev–Trinajstić information content (AvgIpc) is 2.48. The Kier molecular flexibility index (Phi) is 4.32. The Morgan fingerprint density at radius 2 is 2.24 bits per heavy atom. The van der Waals surface area contributed by atoms with Crippen LogP contribution in [0.5, 0.6) is 11.5 Å². The first kappa shape index (κ1) is 14.3. The van der Waals surface area contributed by atoms with E-state index in [4.69, 9.17) is 15.7 Å². The summed E-state index contributed by atoms with van der Waals surface area (Å²) in [7, 11) is 0. The zero-order valence-corrected chi connectivity index (χ0v) is 11.4. The molecule has 2 rings (SSSR count). The van der Waals surface area contributed by atoms with Gasteiger partial charge in [-0.25, -0.2) is 0 Å². The molecule has 0 spiro atoms. The van der Waals surface area contributed by atoms with Gasteiger partial charge in [-0.15, -0.1) is 0 Å². The maximum atomic E-state index is 11.0. The number of benzene rings is 1. The molecule has 0 aliphatic carbocycles. The van der Waals surface area contributed by atoms with E-state index in [2.05, 4.69) is 4.98 Å². The number of ether oxygens (including phenoxy) is 1. The summed E-state index contributed by atoms with van der Waals surface area (Å²) < 4.78 is 5.70. The minimum atomic E-state index is -0.745. The van der Waals surface area contributed by atoms with E-state index in [0.717, 1.165) is 5.56 Å². The van der Waals surface area contributed by atoms with Gasteiger partial charge >= 0.3 is 0 Å². The van der Waals surface area contributed by atoms with E-state index in [1.807, 2.05) is 13.0 Å². The van der Waals surface area contributed by atoms with Crippen molar-refractivity contribution in [2.24, 2.45) is 5.73 Å². The average molecular weight is 279 g/mol. The van der Waals surface area contributed by atoms with E-state index in [1.54, 1.807) is 42.7 Å². The molecule has 1 aromatic heterocycles. The minimum Gasteiger partial charge on any atom is -0.455 e. The standard InChI is InChI=1S/C16H13N3O2/c1-11-7-12(8-13(9-17)16(18)20)4-5-15(11)21-14-3-2-6-19-10-14/h2-8,10H,1H3,(H2,18,20)/b13-8-. The molecule has 2 N–H and O–H groups in total. The van der Waals surface area contributed by atoms with Crippen molar-refractivity contribution in [2.75, 3.05) is 0 Å². The van der Waals surface area contributed by atoms with Crippen LogP contribution in [-0.4, -0.2) is 10.9 Å². The smallest absolute Gasteiger partial charge is 0.259 e. The number of hydrogen-bond donors (Lipinski definition) is 1. The first-order valence-electron chi connectivity index (χ1n) is 6.20. The highest BCUT2D eigenvalue weighted by Crippen LogP contribution is 2.25. The van der Waals surface area contributed by atoms with Crippen LogP contribution in [0.4, 0.5) is 0 Å². The molecular formula is C16H13N3O2. The lowest BCUT2D eigenvalue weighted by Gasteiger charge is -2.08. The van der Waals surface area contributed by atoms with Gasteiger partial charge in [0.1, 0.15) is 23.1 Å². The summed E-state index contributed by atoms with van der Waals surface area (Å²) in [4.78, 5) is 15.0. The van der Waals surface area contributed by atoms with Gasteiger partial charge in [0.25, 0.3) is 5.91 Å². The molecule has 0 aliphatic rings. The van der Waals surface area contributed by atoms with E-state index in [0.29, 0.717) is 17.1 Å². The molecule has 5 nitrogen and oxygen atoms in total. The van der Waals surface area contributed by atoms with Gasteiger partial charge in [-0.1, -0.05) is 6.07 Å². The molecule has 0 saturated heterocycles. The van der Waals surface area contributed by atoms with Crippen LogP contribution in [0.3, 0.4) is 0 Å². The van der Waals surface area contributed by atoms with Crippen LogP contribution < -0.4 is 10.5 Å². The SMILES string of the molecule is Cc1cc(/C=C(/C#N)C(N)=O)ccc1Oc1cccnc1. The van der Waals surface area contributed by atoms with Gasteiger partial charge in [-0.2, -0.15) is 5.26 Å². The number of nitrogens with zero attached hydrogens (tertiary/aromatic N) is 2. The fraction of sp³-hybridized carbons (Fsp3) is 0.0625. The summed E-state index contributed by atoms with van der Waals surface area (Å²) in [5, 5.41) is 8.83. The summed E-state index contributed by atoms with van der Waals surface area (Å²) in [6.07, 6.45) is 4.73. The van der Waals surface area contributed by atoms with E-state index >= 15 is 0 Å². The number of hydrogen-bond acceptors (Lipinski definition) is 4. The van der Waals surface area contributed by atoms with E-state index in [-0.39, 0.29) is 5.57 Å². The van der Waals surface area contributed by atoms with Crippen LogP contribution in [0.25, 0.3) is 6.08 Å². The Balaban J connectivity index is 2.26. The minimum absolute atomic E-state index is 0.0877. The molecular weight excluding hydrogens is 266 g/mol. The number of primary amides is 1. The van der Waals surface area contributed by atoms with Gasteiger partial charge in [0.15, 0.2) is 0 Å². The highest BCUT2D eigenvalue weighted by Gasteiger charge is 2.06. The van der Waals surface area contributed by atoms with Crippen LogP contribution in [0, 0.1) is 18.3 Å². The molecule has 1 amide bonds. The molecule has 0 bridgehead atoms. The Bertz CT molecular complexity index is 731. The number of nitriles is 1. The third-order valence-electron chi connectivity index (χ3n) is 2.76. The largest absolute Gasteiger partial charge is 0.455 e. The van der Waals surface area contributed by atoms with Gasteiger partial charge in [0.05, 0.1) is 6.20 Å². The van der Waals surface area contributed by atoms with Crippen LogP contribution >= 0.6 is 0 Å². The van der Waals surface area contributed by atoms with Crippen LogP contribution in [-0.2, 0) is 4.79 Å². The number of nitrogens with two attached hydrogens (primary N) is 1. The highest BCUT2D eigenvalue weighted by atomic mass is 16.5. The molecule has 5 heteroatoms. The Hall–Kier alpha value is -3.13. The van der Waals surface area contributed by atoms with Crippen molar-refractivity contribution in [1.29, 1.82) is 5.26 Å².